The van der Waals surface area contributed by atoms with Gasteiger partial charge in [0.1, 0.15) is 5.03 Å². The molecule has 4 heteroatoms. The molecule has 1 radical (unpaired) electrons. The first-order chi connectivity index (χ1) is 2.64. The molecular weight excluding hydrogens is 244 g/mol. The number of aliphatic carboxylic acids is 1. The van der Waals surface area contributed by atoms with Gasteiger partial charge in [-0.15, -0.1) is 0 Å². The van der Waals surface area contributed by atoms with Crippen LogP contribution in [0.1, 0.15) is 0 Å². The third-order valence-corrected chi connectivity index (χ3v) is 0.394. The molecule has 0 unspecified atom stereocenters. The third kappa shape index (κ3) is 6.86. The predicted octanol–water partition coefficient (Wildman–Crippen LogP) is 0.823. The van der Waals surface area contributed by atoms with E-state index in [0.717, 1.165) is 0 Å². The molecule has 0 fully saturated rings. The van der Waals surface area contributed by atoms with Crippen molar-refractivity contribution in [3.05, 3.63) is 11.6 Å². The first-order valence-corrected chi connectivity index (χ1v) is 1.60. The fourth-order valence-corrected chi connectivity index (χ4v) is 0. The van der Waals surface area contributed by atoms with Gasteiger partial charge in [0.05, 0.1) is 0 Å². The van der Waals surface area contributed by atoms with E-state index < -0.39 is 5.97 Å². The van der Waals surface area contributed by atoms with Crippen LogP contribution in [0, 0.1) is 41.3 Å². The number of halogens is 1. The summed E-state index contributed by atoms with van der Waals surface area (Å²) >= 11 is 4.82. The van der Waals surface area contributed by atoms with E-state index in [2.05, 4.69) is 6.58 Å². The molecule has 37 valence electrons. The molecule has 0 aliphatic rings. The van der Waals surface area contributed by atoms with E-state index >= 15 is 0 Å². The Morgan fingerprint density at radius 1 is 1.71 bits per heavy atom. The van der Waals surface area contributed by atoms with Crippen molar-refractivity contribution in [2.75, 3.05) is 0 Å². The molecule has 2 nitrogen and oxygen atoms in total. The minimum absolute atomic E-state index is 0. The maximum Gasteiger partial charge on any atom is 0.346 e. The van der Waals surface area contributed by atoms with Crippen LogP contribution < -0.4 is 0 Å². The second kappa shape index (κ2) is 5.01. The van der Waals surface area contributed by atoms with Crippen molar-refractivity contribution in [1.29, 1.82) is 0 Å². The predicted molar refractivity (Wildman–Crippen MR) is 22.6 cm³/mol. The standard InChI is InChI=1S/C3H3ClO2.Pr/c1-2(4)3(5)6;/h1H2,(H,5,6);. The zero-order valence-corrected chi connectivity index (χ0v) is 7.98. The van der Waals surface area contributed by atoms with Crippen molar-refractivity contribution < 1.29 is 51.2 Å². The summed E-state index contributed by atoms with van der Waals surface area (Å²) in [5, 5.41) is 7.41. The van der Waals surface area contributed by atoms with Gasteiger partial charge in [-0.05, 0) is 0 Å². The van der Waals surface area contributed by atoms with E-state index in [9.17, 15) is 4.79 Å². The largest absolute Gasteiger partial charge is 0.477 e. The molecule has 1 N–H and O–H groups in total. The number of hydrogen-bond acceptors (Lipinski definition) is 1. The van der Waals surface area contributed by atoms with Crippen molar-refractivity contribution >= 4 is 17.6 Å². The first kappa shape index (κ1) is 10.8. The summed E-state index contributed by atoms with van der Waals surface area (Å²) in [5.74, 6) is -1.17. The van der Waals surface area contributed by atoms with Gasteiger partial charge in [0, 0.05) is 41.3 Å². The Balaban J connectivity index is 0. The maximum atomic E-state index is 9.47. The third-order valence-electron chi connectivity index (χ3n) is 0.232. The van der Waals surface area contributed by atoms with Gasteiger partial charge in [-0.2, -0.15) is 0 Å². The van der Waals surface area contributed by atoms with Crippen LogP contribution in [0.25, 0.3) is 0 Å². The second-order valence-corrected chi connectivity index (χ2v) is 1.17. The molecule has 0 bridgehead atoms. The van der Waals surface area contributed by atoms with Crippen LogP contribution in [0.15, 0.2) is 11.6 Å². The van der Waals surface area contributed by atoms with Gasteiger partial charge >= 0.3 is 5.97 Å². The summed E-state index contributed by atoms with van der Waals surface area (Å²) in [6.07, 6.45) is 0. The molecule has 0 spiro atoms. The van der Waals surface area contributed by atoms with Crippen LogP contribution in [-0.2, 0) is 4.79 Å². The molecule has 0 saturated carbocycles. The zero-order chi connectivity index (χ0) is 5.15. The normalized spacial score (nSPS) is 6.43. The summed E-state index contributed by atoms with van der Waals surface area (Å²) in [6, 6.07) is 0. The first-order valence-electron chi connectivity index (χ1n) is 1.22. The topological polar surface area (TPSA) is 37.3 Å². The smallest absolute Gasteiger partial charge is 0.346 e. The molecule has 0 amide bonds. The Kier molecular flexibility index (Phi) is 7.71. The van der Waals surface area contributed by atoms with Crippen molar-refractivity contribution in [3.63, 3.8) is 0 Å². The Labute approximate surface area is 79.5 Å². The Hall–Kier alpha value is 0.864. The Morgan fingerprint density at radius 3 is 1.86 bits per heavy atom. The summed E-state index contributed by atoms with van der Waals surface area (Å²) in [7, 11) is 0. The van der Waals surface area contributed by atoms with E-state index in [1.54, 1.807) is 0 Å². The number of carbonyl (C=O) groups is 1. The van der Waals surface area contributed by atoms with E-state index in [0.29, 0.717) is 0 Å². The summed E-state index contributed by atoms with van der Waals surface area (Å²) in [6.45, 7) is 2.92. The summed E-state index contributed by atoms with van der Waals surface area (Å²) in [4.78, 5) is 9.47. The monoisotopic (exact) mass is 247 g/mol. The van der Waals surface area contributed by atoms with E-state index in [-0.39, 0.29) is 46.3 Å². The molecule has 0 aromatic rings. The number of hydrogen-bond donors (Lipinski definition) is 1. The van der Waals surface area contributed by atoms with Crippen LogP contribution in [0.2, 0.25) is 0 Å². The molecule has 0 aliphatic carbocycles. The fraction of sp³-hybridized carbons (Fsp3) is 0. The van der Waals surface area contributed by atoms with Crippen LogP contribution in [0.3, 0.4) is 0 Å². The molecular formula is C3H3ClO2Pr. The molecule has 0 aliphatic heterocycles. The Bertz CT molecular complexity index is 78.9. The summed E-state index contributed by atoms with van der Waals surface area (Å²) in [5.41, 5.74) is 0. The Morgan fingerprint density at radius 2 is 1.86 bits per heavy atom. The quantitative estimate of drug-likeness (QED) is 0.697. The van der Waals surface area contributed by atoms with Crippen molar-refractivity contribution in [1.82, 2.24) is 0 Å². The van der Waals surface area contributed by atoms with Crippen molar-refractivity contribution in [2.45, 2.75) is 0 Å². The minimum Gasteiger partial charge on any atom is -0.477 e. The van der Waals surface area contributed by atoms with Crippen LogP contribution in [0.5, 0.6) is 0 Å². The van der Waals surface area contributed by atoms with Gasteiger partial charge in [0.2, 0.25) is 0 Å². The fourth-order valence-electron chi connectivity index (χ4n) is 0. The van der Waals surface area contributed by atoms with Crippen LogP contribution in [0.4, 0.5) is 0 Å². The van der Waals surface area contributed by atoms with E-state index in [1.165, 1.54) is 0 Å². The molecule has 0 atom stereocenters. The number of carboxylic acids is 1. The SMILES string of the molecule is C=C(Cl)C(=O)O.[Pr]. The average molecular weight is 247 g/mol. The van der Waals surface area contributed by atoms with Crippen molar-refractivity contribution in [3.8, 4) is 0 Å². The average Bonchev–Trinajstić information content (AvgIpc) is 1.36. The molecule has 0 saturated heterocycles. The molecule has 0 aromatic carbocycles. The van der Waals surface area contributed by atoms with E-state index in [4.69, 9.17) is 16.7 Å². The number of rotatable bonds is 1. The van der Waals surface area contributed by atoms with Gasteiger partial charge in [0.25, 0.3) is 0 Å². The van der Waals surface area contributed by atoms with Gasteiger partial charge in [0.15, 0.2) is 0 Å². The zero-order valence-electron chi connectivity index (χ0n) is 3.52. The second-order valence-electron chi connectivity index (χ2n) is 0.710. The van der Waals surface area contributed by atoms with E-state index in [1.807, 2.05) is 0 Å². The van der Waals surface area contributed by atoms with Gasteiger partial charge in [-0.25, -0.2) is 4.79 Å². The molecule has 0 aromatic heterocycles. The number of carboxylic acid groups (broad SMARTS) is 1. The molecule has 0 rings (SSSR count). The van der Waals surface area contributed by atoms with Crippen molar-refractivity contribution in [2.24, 2.45) is 0 Å². The van der Waals surface area contributed by atoms with Crippen LogP contribution in [-0.4, -0.2) is 11.1 Å². The summed E-state index contributed by atoms with van der Waals surface area (Å²) < 4.78 is 0. The molecule has 0 heterocycles. The minimum atomic E-state index is -1.17. The maximum absolute atomic E-state index is 9.47. The van der Waals surface area contributed by atoms with Crippen LogP contribution >= 0.6 is 11.6 Å². The molecule has 7 heavy (non-hydrogen) atoms. The van der Waals surface area contributed by atoms with Gasteiger partial charge in [-0.3, -0.25) is 0 Å². The van der Waals surface area contributed by atoms with Gasteiger partial charge < -0.3 is 5.11 Å². The van der Waals surface area contributed by atoms with Gasteiger partial charge in [-0.1, -0.05) is 18.2 Å².